The summed E-state index contributed by atoms with van der Waals surface area (Å²) >= 11 is 6.14. The second-order valence-corrected chi connectivity index (χ2v) is 7.53. The van der Waals surface area contributed by atoms with Crippen LogP contribution in [0.5, 0.6) is 11.5 Å². The third-order valence-corrected chi connectivity index (χ3v) is 5.62. The summed E-state index contributed by atoms with van der Waals surface area (Å²) in [6.45, 7) is 2.50. The zero-order chi connectivity index (χ0) is 19.6. The van der Waals surface area contributed by atoms with E-state index < -0.39 is 0 Å². The van der Waals surface area contributed by atoms with Crippen LogP contribution in [0.4, 0.5) is 11.4 Å². The van der Waals surface area contributed by atoms with Crippen LogP contribution in [0.2, 0.25) is 5.02 Å². The van der Waals surface area contributed by atoms with Gasteiger partial charge in [-0.1, -0.05) is 23.7 Å². The van der Waals surface area contributed by atoms with Gasteiger partial charge in [-0.2, -0.15) is 0 Å². The van der Waals surface area contributed by atoms with E-state index in [-0.39, 0.29) is 5.54 Å². The fraction of sp³-hybridized carbons (Fsp3) is 0.381. The fourth-order valence-electron chi connectivity index (χ4n) is 3.89. The molecular weight excluding hydrogens is 376 g/mol. The van der Waals surface area contributed by atoms with Crippen LogP contribution in [0.3, 0.4) is 0 Å². The first-order valence-electron chi connectivity index (χ1n) is 9.46. The quantitative estimate of drug-likeness (QED) is 0.729. The number of halogens is 1. The van der Waals surface area contributed by atoms with Crippen molar-refractivity contribution in [1.29, 1.82) is 0 Å². The zero-order valence-electron chi connectivity index (χ0n) is 16.1. The Morgan fingerprint density at radius 2 is 1.86 bits per heavy atom. The van der Waals surface area contributed by atoms with E-state index >= 15 is 0 Å². The largest absolute Gasteiger partial charge is 0.495 e. The predicted octanol–water partition coefficient (Wildman–Crippen LogP) is 3.72. The third kappa shape index (κ3) is 3.50. The maximum atomic E-state index is 6.14. The highest BCUT2D eigenvalue weighted by molar-refractivity contribution is 6.30. The summed E-state index contributed by atoms with van der Waals surface area (Å²) in [5.74, 6) is 2.41. The van der Waals surface area contributed by atoms with Gasteiger partial charge in [0.25, 0.3) is 0 Å². The van der Waals surface area contributed by atoms with Gasteiger partial charge in [-0.3, -0.25) is 0 Å². The van der Waals surface area contributed by atoms with E-state index in [9.17, 15) is 0 Å². The highest BCUT2D eigenvalue weighted by Gasteiger charge is 2.42. The minimum atomic E-state index is -0.267. The summed E-state index contributed by atoms with van der Waals surface area (Å²) in [6.07, 6.45) is 1.85. The normalized spacial score (nSPS) is 17.3. The predicted molar refractivity (Wildman–Crippen MR) is 113 cm³/mol. The van der Waals surface area contributed by atoms with Gasteiger partial charge in [0.1, 0.15) is 28.7 Å². The maximum Gasteiger partial charge on any atom is 0.146 e. The van der Waals surface area contributed by atoms with E-state index in [0.29, 0.717) is 12.3 Å². The van der Waals surface area contributed by atoms with Crippen LogP contribution in [-0.2, 0) is 6.54 Å². The maximum absolute atomic E-state index is 6.14. The van der Waals surface area contributed by atoms with E-state index in [1.54, 1.807) is 14.2 Å². The summed E-state index contributed by atoms with van der Waals surface area (Å²) in [5.41, 5.74) is 2.50. The molecule has 0 aliphatic carbocycles. The van der Waals surface area contributed by atoms with Gasteiger partial charge >= 0.3 is 0 Å². The SMILES string of the molecule is COc1ccc(OC)c2c1N=C(NCc1cccc(Cl)c1)C1(CCNCC1)N2. The van der Waals surface area contributed by atoms with Gasteiger partial charge in [-0.05, 0) is 55.8 Å². The minimum absolute atomic E-state index is 0.267. The number of methoxy groups -OCH3 is 2. The molecule has 0 bridgehead atoms. The Labute approximate surface area is 170 Å². The lowest BCUT2D eigenvalue weighted by molar-refractivity contribution is 0.391. The number of hydrogen-bond donors (Lipinski definition) is 3. The van der Waals surface area contributed by atoms with E-state index in [4.69, 9.17) is 26.1 Å². The fourth-order valence-corrected chi connectivity index (χ4v) is 4.11. The first-order valence-corrected chi connectivity index (χ1v) is 9.84. The molecule has 0 saturated carbocycles. The number of hydrogen-bond acceptors (Lipinski definition) is 6. The number of benzene rings is 2. The van der Waals surface area contributed by atoms with Crippen LogP contribution in [0.15, 0.2) is 41.4 Å². The number of piperidine rings is 1. The third-order valence-electron chi connectivity index (χ3n) is 5.39. The summed E-state index contributed by atoms with van der Waals surface area (Å²) < 4.78 is 11.1. The summed E-state index contributed by atoms with van der Waals surface area (Å²) in [4.78, 5) is 5.02. The molecule has 1 spiro atoms. The molecule has 2 heterocycles. The van der Waals surface area contributed by atoms with Crippen LogP contribution in [-0.4, -0.2) is 38.7 Å². The number of anilines is 1. The van der Waals surface area contributed by atoms with Gasteiger partial charge in [0.15, 0.2) is 0 Å². The molecule has 148 valence electrons. The van der Waals surface area contributed by atoms with Crippen molar-refractivity contribution in [3.8, 4) is 11.5 Å². The number of rotatable bonds is 4. The van der Waals surface area contributed by atoms with E-state index in [2.05, 4.69) is 22.0 Å². The standard InChI is InChI=1S/C21H25ClN4O2/c1-27-16-6-7-17(28-2)19-18(16)25-20(21(26-19)8-10-23-11-9-21)24-13-14-4-3-5-15(22)12-14/h3-7,12,23,26H,8-11,13H2,1-2H3,(H,24,25). The van der Waals surface area contributed by atoms with Crippen LogP contribution >= 0.6 is 11.6 Å². The second kappa shape index (κ2) is 7.89. The topological polar surface area (TPSA) is 66.9 Å². The molecule has 1 fully saturated rings. The molecule has 3 N–H and O–H groups in total. The van der Waals surface area contributed by atoms with Crippen molar-refractivity contribution >= 4 is 28.8 Å². The van der Waals surface area contributed by atoms with Crippen molar-refractivity contribution in [3.63, 3.8) is 0 Å². The number of fused-ring (bicyclic) bond motifs is 1. The molecule has 28 heavy (non-hydrogen) atoms. The van der Waals surface area contributed by atoms with Gasteiger partial charge < -0.3 is 25.4 Å². The van der Waals surface area contributed by atoms with Crippen molar-refractivity contribution in [1.82, 2.24) is 10.6 Å². The Kier molecular flexibility index (Phi) is 5.33. The van der Waals surface area contributed by atoms with Gasteiger partial charge in [0, 0.05) is 11.6 Å². The number of amidine groups is 1. The van der Waals surface area contributed by atoms with Crippen LogP contribution in [0.1, 0.15) is 18.4 Å². The van der Waals surface area contributed by atoms with Crippen molar-refractivity contribution < 1.29 is 9.47 Å². The monoisotopic (exact) mass is 400 g/mol. The molecule has 2 aliphatic heterocycles. The van der Waals surface area contributed by atoms with Crippen molar-refractivity contribution in [2.24, 2.45) is 4.99 Å². The Morgan fingerprint density at radius 3 is 2.57 bits per heavy atom. The molecule has 1 saturated heterocycles. The average Bonchev–Trinajstić information content (AvgIpc) is 2.72. The summed E-state index contributed by atoms with van der Waals surface area (Å²) in [5, 5.41) is 11.5. The second-order valence-electron chi connectivity index (χ2n) is 7.09. The van der Waals surface area contributed by atoms with Crippen LogP contribution < -0.4 is 25.4 Å². The van der Waals surface area contributed by atoms with Gasteiger partial charge in [0.05, 0.1) is 19.8 Å². The van der Waals surface area contributed by atoms with E-state index in [0.717, 1.165) is 59.5 Å². The Hall–Kier alpha value is -2.44. The number of nitrogens with zero attached hydrogens (tertiary/aromatic N) is 1. The Bertz CT molecular complexity index is 894. The first-order chi connectivity index (χ1) is 13.6. The van der Waals surface area contributed by atoms with Gasteiger partial charge in [-0.25, -0.2) is 4.99 Å². The van der Waals surface area contributed by atoms with Crippen LogP contribution in [0.25, 0.3) is 0 Å². The number of aliphatic imine (C=N–C) groups is 1. The van der Waals surface area contributed by atoms with E-state index in [1.165, 1.54) is 0 Å². The molecule has 2 aliphatic rings. The lowest BCUT2D eigenvalue weighted by Crippen LogP contribution is -2.58. The molecule has 0 radical (unpaired) electrons. The lowest BCUT2D eigenvalue weighted by Gasteiger charge is -2.43. The molecule has 0 atom stereocenters. The van der Waals surface area contributed by atoms with Crippen molar-refractivity contribution in [2.75, 3.05) is 32.6 Å². The first kappa shape index (κ1) is 18.9. The Balaban J connectivity index is 1.73. The van der Waals surface area contributed by atoms with E-state index in [1.807, 2.05) is 30.3 Å². The highest BCUT2D eigenvalue weighted by Crippen LogP contribution is 2.47. The summed E-state index contributed by atoms with van der Waals surface area (Å²) in [7, 11) is 3.33. The van der Waals surface area contributed by atoms with Crippen LogP contribution in [0, 0.1) is 0 Å². The van der Waals surface area contributed by atoms with Gasteiger partial charge in [-0.15, -0.1) is 0 Å². The molecule has 6 nitrogen and oxygen atoms in total. The van der Waals surface area contributed by atoms with Gasteiger partial charge in [0.2, 0.25) is 0 Å². The molecule has 2 aromatic carbocycles. The average molecular weight is 401 g/mol. The molecule has 2 aromatic rings. The molecular formula is C21H25ClN4O2. The van der Waals surface area contributed by atoms with Crippen molar-refractivity contribution in [2.45, 2.75) is 24.9 Å². The molecule has 0 aromatic heterocycles. The lowest BCUT2D eigenvalue weighted by atomic mass is 9.84. The molecule has 0 amide bonds. The number of ether oxygens (including phenoxy) is 2. The summed E-state index contributed by atoms with van der Waals surface area (Å²) in [6, 6.07) is 11.7. The number of nitrogens with one attached hydrogen (secondary N) is 3. The Morgan fingerprint density at radius 1 is 1.11 bits per heavy atom. The smallest absolute Gasteiger partial charge is 0.146 e. The highest BCUT2D eigenvalue weighted by atomic mass is 35.5. The minimum Gasteiger partial charge on any atom is -0.495 e. The molecule has 7 heteroatoms. The molecule has 4 rings (SSSR count). The molecule has 0 unspecified atom stereocenters. The van der Waals surface area contributed by atoms with Crippen molar-refractivity contribution in [3.05, 3.63) is 47.0 Å². The zero-order valence-corrected chi connectivity index (χ0v) is 16.9.